The highest BCUT2D eigenvalue weighted by molar-refractivity contribution is 6.06. The molecule has 0 bridgehead atoms. The largest absolute Gasteiger partial charge is 0.323 e. The lowest BCUT2D eigenvalue weighted by atomic mass is 9.96. The molecule has 1 aromatic rings. The zero-order valence-corrected chi connectivity index (χ0v) is 11.9. The fourth-order valence-electron chi connectivity index (χ4n) is 2.50. The monoisotopic (exact) mass is 259 g/mol. The number of carbonyl (C=O) groups excluding carboxylic acids is 1. The average molecular weight is 259 g/mol. The van der Waals surface area contributed by atoms with E-state index < -0.39 is 0 Å². The molecular weight excluding hydrogens is 238 g/mol. The Morgan fingerprint density at radius 2 is 2.05 bits per heavy atom. The molecule has 0 aromatic heterocycles. The first-order valence-corrected chi connectivity index (χ1v) is 6.64. The Hall–Kier alpha value is -1.84. The van der Waals surface area contributed by atoms with Gasteiger partial charge in [-0.15, -0.1) is 0 Å². The van der Waals surface area contributed by atoms with Crippen molar-refractivity contribution in [1.82, 2.24) is 10.2 Å². The van der Waals surface area contributed by atoms with Crippen molar-refractivity contribution in [3.63, 3.8) is 0 Å². The lowest BCUT2D eigenvalue weighted by Gasteiger charge is -2.26. The van der Waals surface area contributed by atoms with Gasteiger partial charge in [-0.25, -0.2) is 4.79 Å². The molecule has 2 N–H and O–H groups in total. The van der Waals surface area contributed by atoms with Gasteiger partial charge < -0.3 is 4.90 Å². The van der Waals surface area contributed by atoms with Gasteiger partial charge in [-0.2, -0.15) is 0 Å². The summed E-state index contributed by atoms with van der Waals surface area (Å²) in [6, 6.07) is 5.62. The van der Waals surface area contributed by atoms with E-state index in [1.807, 2.05) is 19.1 Å². The van der Waals surface area contributed by atoms with E-state index in [9.17, 15) is 4.79 Å². The number of benzene rings is 1. The molecule has 1 aliphatic rings. The average Bonchev–Trinajstić information content (AvgIpc) is 2.58. The third-order valence-electron chi connectivity index (χ3n) is 3.59. The third kappa shape index (κ3) is 2.48. The van der Waals surface area contributed by atoms with Crippen LogP contribution in [0.2, 0.25) is 0 Å². The van der Waals surface area contributed by atoms with Crippen LogP contribution in [0.3, 0.4) is 0 Å². The number of amides is 2. The normalized spacial score (nSPS) is 19.2. The van der Waals surface area contributed by atoms with Crippen LogP contribution in [0.1, 0.15) is 36.6 Å². The number of hydrogen-bond donors (Lipinski definition) is 2. The van der Waals surface area contributed by atoms with Crippen molar-refractivity contribution in [2.45, 2.75) is 33.7 Å². The second-order valence-corrected chi connectivity index (χ2v) is 5.58. The van der Waals surface area contributed by atoms with Crippen molar-refractivity contribution in [2.75, 3.05) is 6.54 Å². The third-order valence-corrected chi connectivity index (χ3v) is 3.59. The summed E-state index contributed by atoms with van der Waals surface area (Å²) in [6.45, 7) is 8.92. The standard InChI is InChI=1S/C15H21N3O/c1-9(2)8-18-13(14(16)17-15(18)19)12-7-5-6-10(3)11(12)4/h5-7,9,13H,8H2,1-4H3,(H2,16,17,19). The van der Waals surface area contributed by atoms with Gasteiger partial charge in [0.2, 0.25) is 0 Å². The summed E-state index contributed by atoms with van der Waals surface area (Å²) in [5.41, 5.74) is 3.39. The van der Waals surface area contributed by atoms with Crippen molar-refractivity contribution in [2.24, 2.45) is 5.92 Å². The van der Waals surface area contributed by atoms with Crippen LogP contribution in [0.5, 0.6) is 0 Å². The van der Waals surface area contributed by atoms with Crippen molar-refractivity contribution < 1.29 is 4.79 Å². The van der Waals surface area contributed by atoms with Gasteiger partial charge in [0.15, 0.2) is 0 Å². The molecule has 1 aromatic carbocycles. The highest BCUT2D eigenvalue weighted by Crippen LogP contribution is 2.30. The van der Waals surface area contributed by atoms with Crippen LogP contribution in [0, 0.1) is 25.2 Å². The first-order valence-electron chi connectivity index (χ1n) is 6.64. The van der Waals surface area contributed by atoms with Gasteiger partial charge in [-0.3, -0.25) is 10.7 Å². The molecule has 1 unspecified atom stereocenters. The minimum absolute atomic E-state index is 0.162. The highest BCUT2D eigenvalue weighted by Gasteiger charge is 2.37. The van der Waals surface area contributed by atoms with Crippen molar-refractivity contribution in [3.8, 4) is 0 Å². The molecule has 2 amide bonds. The molecule has 4 nitrogen and oxygen atoms in total. The van der Waals surface area contributed by atoms with Gasteiger partial charge in [0.1, 0.15) is 11.9 Å². The quantitative estimate of drug-likeness (QED) is 0.861. The summed E-state index contributed by atoms with van der Waals surface area (Å²) in [5, 5.41) is 10.7. The zero-order valence-electron chi connectivity index (χ0n) is 11.9. The first kappa shape index (κ1) is 13.6. The van der Waals surface area contributed by atoms with E-state index in [-0.39, 0.29) is 17.9 Å². The van der Waals surface area contributed by atoms with Gasteiger partial charge in [0.05, 0.1) is 0 Å². The number of rotatable bonds is 3. The van der Waals surface area contributed by atoms with Gasteiger partial charge in [0, 0.05) is 6.54 Å². The predicted octanol–water partition coefficient (Wildman–Crippen LogP) is 3.00. The molecule has 102 valence electrons. The first-order chi connectivity index (χ1) is 8.91. The zero-order chi connectivity index (χ0) is 14.2. The lowest BCUT2D eigenvalue weighted by Crippen LogP contribution is -2.33. The van der Waals surface area contributed by atoms with Crippen molar-refractivity contribution in [3.05, 3.63) is 34.9 Å². The van der Waals surface area contributed by atoms with Crippen molar-refractivity contribution >= 4 is 11.9 Å². The second kappa shape index (κ2) is 5.03. The van der Waals surface area contributed by atoms with Gasteiger partial charge in [-0.05, 0) is 36.5 Å². The summed E-state index contributed by atoms with van der Waals surface area (Å²) in [7, 11) is 0. The Morgan fingerprint density at radius 3 is 2.68 bits per heavy atom. The van der Waals surface area contributed by atoms with Crippen LogP contribution in [-0.4, -0.2) is 23.3 Å². The number of amidine groups is 1. The van der Waals surface area contributed by atoms with Gasteiger partial charge >= 0.3 is 6.03 Å². The van der Waals surface area contributed by atoms with Crippen LogP contribution < -0.4 is 5.32 Å². The Bertz CT molecular complexity index is 522. The molecule has 1 saturated heterocycles. The van der Waals surface area contributed by atoms with Crippen LogP contribution in [0.4, 0.5) is 4.79 Å². The topological polar surface area (TPSA) is 56.2 Å². The maximum absolute atomic E-state index is 12.0. The van der Waals surface area contributed by atoms with E-state index in [2.05, 4.69) is 32.2 Å². The minimum atomic E-state index is -0.269. The molecular formula is C15H21N3O. The maximum atomic E-state index is 12.0. The van der Waals surface area contributed by atoms with E-state index in [1.54, 1.807) is 4.90 Å². The summed E-state index contributed by atoms with van der Waals surface area (Å²) < 4.78 is 0. The van der Waals surface area contributed by atoms with E-state index in [4.69, 9.17) is 5.41 Å². The molecule has 4 heteroatoms. The van der Waals surface area contributed by atoms with E-state index >= 15 is 0 Å². The highest BCUT2D eigenvalue weighted by atomic mass is 16.2. The molecule has 1 heterocycles. The van der Waals surface area contributed by atoms with E-state index in [0.717, 1.165) is 11.1 Å². The van der Waals surface area contributed by atoms with Gasteiger partial charge in [0.25, 0.3) is 0 Å². The van der Waals surface area contributed by atoms with Gasteiger partial charge in [-0.1, -0.05) is 32.0 Å². The Kier molecular flexibility index (Phi) is 3.60. The number of hydrogen-bond acceptors (Lipinski definition) is 2. The smallest absolute Gasteiger partial charge is 0.310 e. The molecule has 1 aliphatic heterocycles. The lowest BCUT2D eigenvalue weighted by molar-refractivity contribution is 0.198. The second-order valence-electron chi connectivity index (χ2n) is 5.58. The molecule has 0 radical (unpaired) electrons. The number of aryl methyl sites for hydroxylation is 1. The minimum Gasteiger partial charge on any atom is -0.310 e. The Balaban J connectivity index is 2.42. The molecule has 2 rings (SSSR count). The molecule has 19 heavy (non-hydrogen) atoms. The Morgan fingerprint density at radius 1 is 1.37 bits per heavy atom. The molecule has 0 spiro atoms. The fraction of sp³-hybridized carbons (Fsp3) is 0.467. The summed E-state index contributed by atoms with van der Waals surface area (Å²) >= 11 is 0. The molecule has 0 saturated carbocycles. The van der Waals surface area contributed by atoms with E-state index in [0.29, 0.717) is 12.5 Å². The summed E-state index contributed by atoms with van der Waals surface area (Å²) in [5.74, 6) is 0.656. The van der Waals surface area contributed by atoms with Crippen LogP contribution in [0.15, 0.2) is 18.2 Å². The maximum Gasteiger partial charge on any atom is 0.323 e. The van der Waals surface area contributed by atoms with Crippen LogP contribution in [-0.2, 0) is 0 Å². The summed E-state index contributed by atoms with van der Waals surface area (Å²) in [6.07, 6.45) is 0. The molecule has 0 aliphatic carbocycles. The number of nitrogens with one attached hydrogen (secondary N) is 2. The number of urea groups is 1. The Labute approximate surface area is 114 Å². The number of carbonyl (C=O) groups is 1. The molecule has 1 fully saturated rings. The van der Waals surface area contributed by atoms with Crippen LogP contribution >= 0.6 is 0 Å². The number of nitrogens with zero attached hydrogens (tertiary/aromatic N) is 1. The SMILES string of the molecule is Cc1cccc(C2C(=N)NC(=O)N2CC(C)C)c1C. The predicted molar refractivity (Wildman–Crippen MR) is 76.5 cm³/mol. The van der Waals surface area contributed by atoms with E-state index in [1.165, 1.54) is 5.56 Å². The summed E-state index contributed by atoms with van der Waals surface area (Å²) in [4.78, 5) is 13.7. The van der Waals surface area contributed by atoms with Crippen molar-refractivity contribution in [1.29, 1.82) is 5.41 Å². The molecule has 1 atom stereocenters. The van der Waals surface area contributed by atoms with Crippen LogP contribution in [0.25, 0.3) is 0 Å². The fourth-order valence-corrected chi connectivity index (χ4v) is 2.50.